The Hall–Kier alpha value is -0.570. The Labute approximate surface area is 122 Å². The van der Waals surface area contributed by atoms with Gasteiger partial charge in [0.15, 0.2) is 0 Å². The van der Waals surface area contributed by atoms with Crippen LogP contribution in [0.2, 0.25) is 0 Å². The molecule has 3 nitrogen and oxygen atoms in total. The van der Waals surface area contributed by atoms with E-state index in [4.69, 9.17) is 0 Å². The third-order valence-corrected chi connectivity index (χ3v) is 6.51. The molecule has 0 aromatic rings. The molecule has 2 N–H and O–H groups in total. The van der Waals surface area contributed by atoms with Gasteiger partial charge in [0.05, 0.1) is 5.41 Å². The lowest BCUT2D eigenvalue weighted by Gasteiger charge is -2.60. The van der Waals surface area contributed by atoms with Crippen LogP contribution in [-0.2, 0) is 4.79 Å². The summed E-state index contributed by atoms with van der Waals surface area (Å²) in [6.07, 6.45) is 9.88. The number of hydrogen-bond donors (Lipinski definition) is 2. The molecule has 20 heavy (non-hydrogen) atoms. The Balaban J connectivity index is 1.50. The normalized spacial score (nSPS) is 47.5. The highest BCUT2D eigenvalue weighted by molar-refractivity contribution is 5.83. The van der Waals surface area contributed by atoms with Crippen molar-refractivity contribution in [2.45, 2.75) is 64.3 Å². The van der Waals surface area contributed by atoms with Crippen LogP contribution in [0.1, 0.15) is 58.3 Å². The third-order valence-electron chi connectivity index (χ3n) is 6.51. The summed E-state index contributed by atoms with van der Waals surface area (Å²) in [6, 6.07) is 0.421. The highest BCUT2D eigenvalue weighted by Gasteiger charge is 2.58. The van der Waals surface area contributed by atoms with Crippen LogP contribution in [0, 0.1) is 22.7 Å². The summed E-state index contributed by atoms with van der Waals surface area (Å²) in [5.74, 6) is 2.07. The lowest BCUT2D eigenvalue weighted by atomic mass is 9.44. The van der Waals surface area contributed by atoms with Gasteiger partial charge in [-0.3, -0.25) is 4.79 Å². The van der Waals surface area contributed by atoms with Gasteiger partial charge in [0.1, 0.15) is 0 Å². The Kier molecular flexibility index (Phi) is 2.93. The van der Waals surface area contributed by atoms with Crippen LogP contribution in [0.5, 0.6) is 0 Å². The van der Waals surface area contributed by atoms with Gasteiger partial charge in [-0.2, -0.15) is 0 Å². The molecule has 1 aliphatic heterocycles. The average Bonchev–Trinajstić information content (AvgIpc) is 2.37. The summed E-state index contributed by atoms with van der Waals surface area (Å²) >= 11 is 0. The molecular formula is C17H28N2O. The van der Waals surface area contributed by atoms with Crippen molar-refractivity contribution in [1.82, 2.24) is 10.6 Å². The molecule has 4 saturated carbocycles. The fourth-order valence-electron chi connectivity index (χ4n) is 6.29. The van der Waals surface area contributed by atoms with Gasteiger partial charge in [-0.1, -0.05) is 6.92 Å². The molecule has 112 valence electrons. The standard InChI is InChI=1S/C17H28N2O/c1-16-7-12-6-13(8-16)10-17(9-12,11-16)15(20)19-14-2-4-18-5-3-14/h12-14,18H,2-11H2,1H3,(H,19,20). The Morgan fingerprint density at radius 2 is 1.75 bits per heavy atom. The lowest BCUT2D eigenvalue weighted by molar-refractivity contribution is -0.156. The summed E-state index contributed by atoms with van der Waals surface area (Å²) in [4.78, 5) is 13.0. The molecule has 5 aliphatic rings. The molecule has 0 radical (unpaired) electrons. The predicted octanol–water partition coefficient (Wildman–Crippen LogP) is 2.46. The maximum absolute atomic E-state index is 13.0. The number of piperidine rings is 1. The monoisotopic (exact) mass is 276 g/mol. The van der Waals surface area contributed by atoms with Crippen LogP contribution in [0.25, 0.3) is 0 Å². The molecular weight excluding hydrogens is 248 g/mol. The minimum absolute atomic E-state index is 0.00368. The summed E-state index contributed by atoms with van der Waals surface area (Å²) in [7, 11) is 0. The second-order valence-corrected chi connectivity index (χ2v) is 8.55. The maximum Gasteiger partial charge on any atom is 0.226 e. The first-order valence-corrected chi connectivity index (χ1v) is 8.59. The number of amides is 1. The van der Waals surface area contributed by atoms with E-state index in [-0.39, 0.29) is 5.41 Å². The fraction of sp³-hybridized carbons (Fsp3) is 0.941. The summed E-state index contributed by atoms with van der Waals surface area (Å²) in [5.41, 5.74) is 0.471. The molecule has 1 saturated heterocycles. The molecule has 4 aliphatic carbocycles. The molecule has 0 aromatic heterocycles. The van der Waals surface area contributed by atoms with E-state index in [1.807, 2.05) is 0 Å². The Bertz CT molecular complexity index is 399. The minimum atomic E-state index is 0.00368. The molecule has 0 aromatic carbocycles. The van der Waals surface area contributed by atoms with Gasteiger partial charge in [-0.25, -0.2) is 0 Å². The predicted molar refractivity (Wildman–Crippen MR) is 79.3 cm³/mol. The van der Waals surface area contributed by atoms with Crippen LogP contribution < -0.4 is 10.6 Å². The second-order valence-electron chi connectivity index (χ2n) is 8.55. The van der Waals surface area contributed by atoms with E-state index in [1.165, 1.54) is 32.1 Å². The minimum Gasteiger partial charge on any atom is -0.353 e. The number of hydrogen-bond acceptors (Lipinski definition) is 2. The van der Waals surface area contributed by atoms with Crippen molar-refractivity contribution in [3.05, 3.63) is 0 Å². The van der Waals surface area contributed by atoms with Crippen LogP contribution in [0.3, 0.4) is 0 Å². The molecule has 1 heterocycles. The first-order chi connectivity index (χ1) is 9.57. The van der Waals surface area contributed by atoms with E-state index < -0.39 is 0 Å². The van der Waals surface area contributed by atoms with E-state index in [1.54, 1.807) is 0 Å². The fourth-order valence-corrected chi connectivity index (χ4v) is 6.29. The maximum atomic E-state index is 13.0. The van der Waals surface area contributed by atoms with Gasteiger partial charge in [0, 0.05) is 6.04 Å². The molecule has 2 atom stereocenters. The van der Waals surface area contributed by atoms with E-state index >= 15 is 0 Å². The van der Waals surface area contributed by atoms with Crippen molar-refractivity contribution >= 4 is 5.91 Å². The van der Waals surface area contributed by atoms with Gasteiger partial charge >= 0.3 is 0 Å². The molecule has 5 rings (SSSR count). The Morgan fingerprint density at radius 1 is 1.10 bits per heavy atom. The van der Waals surface area contributed by atoms with Crippen molar-refractivity contribution < 1.29 is 4.79 Å². The number of nitrogens with one attached hydrogen (secondary N) is 2. The summed E-state index contributed by atoms with van der Waals surface area (Å²) in [5, 5.41) is 6.79. The van der Waals surface area contributed by atoms with Gasteiger partial charge < -0.3 is 10.6 Å². The van der Waals surface area contributed by atoms with Gasteiger partial charge in [-0.05, 0) is 81.7 Å². The van der Waals surface area contributed by atoms with Crippen LogP contribution in [0.4, 0.5) is 0 Å². The average molecular weight is 276 g/mol. The zero-order valence-corrected chi connectivity index (χ0v) is 12.7. The third kappa shape index (κ3) is 2.09. The molecule has 0 spiro atoms. The van der Waals surface area contributed by atoms with Crippen molar-refractivity contribution in [1.29, 1.82) is 0 Å². The zero-order chi connectivity index (χ0) is 13.8. The van der Waals surface area contributed by atoms with E-state index in [0.29, 0.717) is 17.4 Å². The SMILES string of the molecule is CC12CC3CC(C1)CC(C(=O)NC1CCNCC1)(C3)C2. The van der Waals surface area contributed by atoms with Crippen molar-refractivity contribution in [2.75, 3.05) is 13.1 Å². The van der Waals surface area contributed by atoms with Crippen molar-refractivity contribution in [2.24, 2.45) is 22.7 Å². The molecule has 1 amide bonds. The van der Waals surface area contributed by atoms with Crippen molar-refractivity contribution in [3.8, 4) is 0 Å². The Morgan fingerprint density at radius 3 is 2.35 bits per heavy atom. The zero-order valence-electron chi connectivity index (χ0n) is 12.7. The van der Waals surface area contributed by atoms with Crippen molar-refractivity contribution in [3.63, 3.8) is 0 Å². The van der Waals surface area contributed by atoms with E-state index in [2.05, 4.69) is 17.6 Å². The molecule has 3 heteroatoms. The van der Waals surface area contributed by atoms with Gasteiger partial charge in [0.2, 0.25) is 5.91 Å². The van der Waals surface area contributed by atoms with Gasteiger partial charge in [0.25, 0.3) is 0 Å². The largest absolute Gasteiger partial charge is 0.353 e. The van der Waals surface area contributed by atoms with Crippen LogP contribution >= 0.6 is 0 Å². The first kappa shape index (κ1) is 13.1. The highest BCUT2D eigenvalue weighted by Crippen LogP contribution is 2.65. The molecule has 5 fully saturated rings. The lowest BCUT2D eigenvalue weighted by Crippen LogP contribution is -2.58. The van der Waals surface area contributed by atoms with Crippen LogP contribution in [0.15, 0.2) is 0 Å². The molecule has 4 bridgehead atoms. The molecule has 2 unspecified atom stereocenters. The quantitative estimate of drug-likeness (QED) is 0.813. The summed E-state index contributed by atoms with van der Waals surface area (Å²) in [6.45, 7) is 4.55. The topological polar surface area (TPSA) is 41.1 Å². The number of rotatable bonds is 2. The number of carbonyl (C=O) groups excluding carboxylic acids is 1. The number of carbonyl (C=O) groups is 1. The second kappa shape index (κ2) is 4.46. The highest BCUT2D eigenvalue weighted by atomic mass is 16.2. The van der Waals surface area contributed by atoms with E-state index in [0.717, 1.165) is 44.2 Å². The first-order valence-electron chi connectivity index (χ1n) is 8.59. The van der Waals surface area contributed by atoms with Gasteiger partial charge in [-0.15, -0.1) is 0 Å². The van der Waals surface area contributed by atoms with Crippen LogP contribution in [-0.4, -0.2) is 25.0 Å². The smallest absolute Gasteiger partial charge is 0.226 e. The van der Waals surface area contributed by atoms with E-state index in [9.17, 15) is 4.79 Å². The summed E-state index contributed by atoms with van der Waals surface area (Å²) < 4.78 is 0.